The Bertz CT molecular complexity index is 450. The molecule has 4 nitrogen and oxygen atoms in total. The molecule has 0 unspecified atom stereocenters. The van der Waals surface area contributed by atoms with Gasteiger partial charge in [-0.05, 0) is 6.42 Å². The van der Waals surface area contributed by atoms with Crippen LogP contribution in [0.3, 0.4) is 0 Å². The lowest BCUT2D eigenvalue weighted by atomic mass is 10.1. The molecule has 3 rings (SSSR count). The fraction of sp³-hybridized carbons (Fsp3) is 0.870. The van der Waals surface area contributed by atoms with Gasteiger partial charge in [-0.1, -0.05) is 7.43 Å². The third-order valence-corrected chi connectivity index (χ3v) is 5.37. The van der Waals surface area contributed by atoms with E-state index in [4.69, 9.17) is 4.74 Å². The van der Waals surface area contributed by atoms with Crippen LogP contribution in [0.15, 0.2) is 0 Å². The van der Waals surface area contributed by atoms with Crippen LogP contribution < -0.4 is 0 Å². The second kappa shape index (κ2) is 15.0. The van der Waals surface area contributed by atoms with E-state index in [1.165, 1.54) is 75.4 Å². The lowest BCUT2D eigenvalue weighted by Crippen LogP contribution is -2.31. The second-order valence-electron chi connectivity index (χ2n) is 8.18. The second-order valence-corrected chi connectivity index (χ2v) is 8.18. The minimum Gasteiger partial charge on any atom is -0.368 e. The van der Waals surface area contributed by atoms with Gasteiger partial charge in [0.2, 0.25) is 0 Å². The van der Waals surface area contributed by atoms with E-state index in [1.54, 1.807) is 0 Å². The van der Waals surface area contributed by atoms with Crippen molar-refractivity contribution in [2.75, 3.05) is 52.5 Å². The Morgan fingerprint density at radius 3 is 1.04 bits per heavy atom. The molecule has 0 radical (unpaired) electrons. The molecule has 0 amide bonds. The topological polar surface area (TPSA) is 18.3 Å². The molecule has 0 aromatic heterocycles. The Balaban J connectivity index is 0.000000369. The van der Waals surface area contributed by atoms with E-state index < -0.39 is 0 Å². The fourth-order valence-corrected chi connectivity index (χ4v) is 3.52. The summed E-state index contributed by atoms with van der Waals surface area (Å²) < 4.78 is 12.5. The van der Waals surface area contributed by atoms with Crippen LogP contribution in [-0.4, -0.2) is 83.3 Å². The van der Waals surface area contributed by atoms with Crippen LogP contribution in [0.4, 0.5) is 0 Å². The third-order valence-electron chi connectivity index (χ3n) is 5.37. The molecule has 3 aliphatic heterocycles. The van der Waals surface area contributed by atoms with Gasteiger partial charge in [0.1, 0.15) is 56.5 Å². The van der Waals surface area contributed by atoms with Gasteiger partial charge < -0.3 is 4.74 Å². The zero-order valence-electron chi connectivity index (χ0n) is 18.4. The first kappa shape index (κ1) is 26.0. The summed E-state index contributed by atoms with van der Waals surface area (Å²) in [7, 11) is 0. The van der Waals surface area contributed by atoms with Crippen molar-refractivity contribution in [2.45, 2.75) is 81.1 Å². The number of piperidine rings is 1. The van der Waals surface area contributed by atoms with Gasteiger partial charge in [0.25, 0.3) is 0 Å². The van der Waals surface area contributed by atoms with Crippen LogP contribution in [0.2, 0.25) is 0 Å². The first-order valence-corrected chi connectivity index (χ1v) is 10.6. The monoisotopic (exact) mass is 382 g/mol. The zero-order chi connectivity index (χ0) is 19.4. The van der Waals surface area contributed by atoms with E-state index in [-0.39, 0.29) is 7.43 Å². The van der Waals surface area contributed by atoms with Crippen LogP contribution in [0.1, 0.15) is 81.1 Å². The summed E-state index contributed by atoms with van der Waals surface area (Å²) in [5.41, 5.74) is 4.36. The Hall–Kier alpha value is -1.03. The molecule has 0 aromatic rings. The van der Waals surface area contributed by atoms with Crippen molar-refractivity contribution < 1.29 is 18.5 Å². The van der Waals surface area contributed by atoms with Crippen molar-refractivity contribution in [1.29, 1.82) is 0 Å². The summed E-state index contributed by atoms with van der Waals surface area (Å²) in [6, 6.07) is 0. The number of morpholine rings is 1. The summed E-state index contributed by atoms with van der Waals surface area (Å²) in [6.07, 6.45) is 7.01. The molecule has 3 heterocycles. The number of rotatable bonds is 0. The van der Waals surface area contributed by atoms with Crippen LogP contribution in [0, 0.1) is 0 Å². The molecular formula is C23H48N3O+3. The molecule has 158 valence electrons. The Kier molecular flexibility index (Phi) is 14.4. The molecular weight excluding hydrogens is 334 g/mol. The highest BCUT2D eigenvalue weighted by Gasteiger charge is 2.13. The Labute approximate surface area is 169 Å². The van der Waals surface area contributed by atoms with Crippen molar-refractivity contribution >= 4 is 17.1 Å². The Morgan fingerprint density at radius 2 is 0.778 bits per heavy atom. The first-order chi connectivity index (χ1) is 12.4. The van der Waals surface area contributed by atoms with Crippen molar-refractivity contribution in [3.05, 3.63) is 0 Å². The predicted molar refractivity (Wildman–Crippen MR) is 120 cm³/mol. The lowest BCUT2D eigenvalue weighted by molar-refractivity contribution is -0.550. The van der Waals surface area contributed by atoms with E-state index in [9.17, 15) is 0 Å². The number of ether oxygens (including phenoxy) is 1. The quantitative estimate of drug-likeness (QED) is 0.577. The molecule has 0 aromatic carbocycles. The average Bonchev–Trinajstić information content (AvgIpc) is 3.19. The summed E-state index contributed by atoms with van der Waals surface area (Å²) in [5, 5.41) is 0. The average molecular weight is 383 g/mol. The highest BCUT2D eigenvalue weighted by atomic mass is 16.5. The molecule has 0 bridgehead atoms. The number of nitrogens with zero attached hydrogens (tertiary/aromatic N) is 3. The van der Waals surface area contributed by atoms with E-state index in [0.29, 0.717) is 0 Å². The molecule has 3 fully saturated rings. The van der Waals surface area contributed by atoms with Gasteiger partial charge in [0.05, 0.1) is 0 Å². The van der Waals surface area contributed by atoms with Crippen LogP contribution in [0.5, 0.6) is 0 Å². The van der Waals surface area contributed by atoms with Crippen molar-refractivity contribution in [3.63, 3.8) is 0 Å². The van der Waals surface area contributed by atoms with Crippen molar-refractivity contribution in [1.82, 2.24) is 0 Å². The molecule has 0 N–H and O–H groups in total. The standard InChI is InChI=1S/C8H16N.C7H14NO.C7H14N.CH4/c1-8(2)9-6-4-3-5-7-9;1-7(2)8-3-5-9-6-4-8;1-7(2)8-5-3-4-6-8;/h3-7H2,1-2H3;3-6H2,1-2H3;3-6H2,1-2H3;1H4/q3*+1;. The van der Waals surface area contributed by atoms with E-state index in [0.717, 1.165) is 26.3 Å². The van der Waals surface area contributed by atoms with Crippen molar-refractivity contribution in [3.8, 4) is 0 Å². The van der Waals surface area contributed by atoms with Gasteiger partial charge in [-0.25, -0.2) is 13.7 Å². The number of hydrogen-bond donors (Lipinski definition) is 0. The summed E-state index contributed by atoms with van der Waals surface area (Å²) in [6.45, 7) is 22.2. The molecule has 0 spiro atoms. The SMILES string of the molecule is C.CC(C)=[N+]1CCCC1.CC(C)=[N+]1CCCCC1.CC(C)=[N+]1CCOCC1. The summed E-state index contributed by atoms with van der Waals surface area (Å²) in [4.78, 5) is 0. The van der Waals surface area contributed by atoms with E-state index in [1.807, 2.05) is 0 Å². The fourth-order valence-electron chi connectivity index (χ4n) is 3.52. The van der Waals surface area contributed by atoms with Gasteiger partial charge in [0, 0.05) is 67.2 Å². The highest BCUT2D eigenvalue weighted by Crippen LogP contribution is 2.04. The molecule has 4 heteroatoms. The van der Waals surface area contributed by atoms with Gasteiger partial charge in [-0.3, -0.25) is 0 Å². The third kappa shape index (κ3) is 11.4. The zero-order valence-corrected chi connectivity index (χ0v) is 18.4. The van der Waals surface area contributed by atoms with Crippen LogP contribution in [0.25, 0.3) is 0 Å². The van der Waals surface area contributed by atoms with Gasteiger partial charge in [-0.15, -0.1) is 0 Å². The minimum atomic E-state index is 0. The van der Waals surface area contributed by atoms with E-state index in [2.05, 4.69) is 55.3 Å². The van der Waals surface area contributed by atoms with Crippen LogP contribution >= 0.6 is 0 Å². The molecule has 0 aliphatic carbocycles. The van der Waals surface area contributed by atoms with Crippen molar-refractivity contribution in [2.24, 2.45) is 0 Å². The van der Waals surface area contributed by atoms with Crippen LogP contribution in [-0.2, 0) is 4.74 Å². The van der Waals surface area contributed by atoms with Gasteiger partial charge in [-0.2, -0.15) is 0 Å². The Morgan fingerprint density at radius 1 is 0.481 bits per heavy atom. The molecule has 27 heavy (non-hydrogen) atoms. The van der Waals surface area contributed by atoms with Gasteiger partial charge in [0.15, 0.2) is 13.1 Å². The lowest BCUT2D eigenvalue weighted by Gasteiger charge is -2.11. The highest BCUT2D eigenvalue weighted by molar-refractivity contribution is 5.74. The molecule has 3 saturated heterocycles. The maximum absolute atomic E-state index is 5.19. The minimum absolute atomic E-state index is 0. The smallest absolute Gasteiger partial charge is 0.166 e. The summed E-state index contributed by atoms with van der Waals surface area (Å²) in [5.74, 6) is 0. The first-order valence-electron chi connectivity index (χ1n) is 10.6. The molecule has 0 saturated carbocycles. The maximum atomic E-state index is 5.19. The maximum Gasteiger partial charge on any atom is 0.166 e. The largest absolute Gasteiger partial charge is 0.368 e. The summed E-state index contributed by atoms with van der Waals surface area (Å²) >= 11 is 0. The molecule has 0 atom stereocenters. The normalized spacial score (nSPS) is 19.1. The van der Waals surface area contributed by atoms with Gasteiger partial charge >= 0.3 is 0 Å². The number of hydrogen-bond acceptors (Lipinski definition) is 1. The van der Waals surface area contributed by atoms with E-state index >= 15 is 0 Å². The predicted octanol–water partition coefficient (Wildman–Crippen LogP) is 4.08. The molecule has 3 aliphatic rings.